The summed E-state index contributed by atoms with van der Waals surface area (Å²) < 4.78 is 27.4. The molecule has 1 saturated carbocycles. The summed E-state index contributed by atoms with van der Waals surface area (Å²) in [5, 5.41) is 8.68. The van der Waals surface area contributed by atoms with Gasteiger partial charge in [0.1, 0.15) is 6.61 Å². The summed E-state index contributed by atoms with van der Waals surface area (Å²) >= 11 is 0. The summed E-state index contributed by atoms with van der Waals surface area (Å²) in [6.45, 7) is 2.39. The van der Waals surface area contributed by atoms with Crippen LogP contribution in [0.2, 0.25) is 0 Å². The van der Waals surface area contributed by atoms with Gasteiger partial charge in [-0.2, -0.15) is 0 Å². The van der Waals surface area contributed by atoms with Gasteiger partial charge in [-0.15, -0.1) is 0 Å². The molecule has 2 rings (SSSR count). The molecular weight excluding hydrogens is 286 g/mol. The van der Waals surface area contributed by atoms with E-state index in [2.05, 4.69) is 23.5 Å². The normalized spacial score (nSPS) is 16.1. The van der Waals surface area contributed by atoms with Gasteiger partial charge in [-0.25, -0.2) is 13.1 Å². The van der Waals surface area contributed by atoms with Crippen molar-refractivity contribution in [3.05, 3.63) is 29.8 Å². The van der Waals surface area contributed by atoms with E-state index in [0.29, 0.717) is 12.1 Å². The van der Waals surface area contributed by atoms with E-state index in [1.165, 1.54) is 6.07 Å². The first-order chi connectivity index (χ1) is 10.0. The predicted octanol–water partition coefficient (Wildman–Crippen LogP) is 1.89. The van der Waals surface area contributed by atoms with Crippen molar-refractivity contribution in [3.63, 3.8) is 0 Å². The molecule has 5 heteroatoms. The number of benzene rings is 1. The van der Waals surface area contributed by atoms with E-state index in [4.69, 9.17) is 5.11 Å². The topological polar surface area (TPSA) is 66.4 Å². The lowest BCUT2D eigenvalue weighted by molar-refractivity contribution is 0.350. The Kier molecular flexibility index (Phi) is 5.04. The fourth-order valence-electron chi connectivity index (χ4n) is 2.44. The zero-order valence-corrected chi connectivity index (χ0v) is 13.0. The monoisotopic (exact) mass is 307 g/mol. The quantitative estimate of drug-likeness (QED) is 0.789. The first-order valence-corrected chi connectivity index (χ1v) is 8.69. The van der Waals surface area contributed by atoms with E-state index >= 15 is 0 Å². The second kappa shape index (κ2) is 6.61. The Morgan fingerprint density at radius 2 is 2.14 bits per heavy atom. The van der Waals surface area contributed by atoms with Gasteiger partial charge in [0, 0.05) is 12.1 Å². The van der Waals surface area contributed by atoms with E-state index in [1.807, 2.05) is 0 Å². The van der Waals surface area contributed by atoms with Gasteiger partial charge in [0.2, 0.25) is 10.0 Å². The number of aliphatic hydroxyl groups is 1. The molecule has 1 fully saturated rings. The van der Waals surface area contributed by atoms with Gasteiger partial charge in [-0.3, -0.25) is 0 Å². The molecule has 1 aromatic rings. The summed E-state index contributed by atoms with van der Waals surface area (Å²) in [4.78, 5) is 0.222. The summed E-state index contributed by atoms with van der Waals surface area (Å²) in [5.41, 5.74) is 0.762. The molecule has 0 bridgehead atoms. The van der Waals surface area contributed by atoms with Crippen molar-refractivity contribution >= 4 is 10.0 Å². The van der Waals surface area contributed by atoms with Crippen LogP contribution < -0.4 is 4.72 Å². The van der Waals surface area contributed by atoms with Crippen LogP contribution in [0.4, 0.5) is 0 Å². The summed E-state index contributed by atoms with van der Waals surface area (Å²) in [6.07, 6.45) is 4.35. The van der Waals surface area contributed by atoms with Crippen molar-refractivity contribution in [3.8, 4) is 11.8 Å². The maximum atomic E-state index is 12.3. The van der Waals surface area contributed by atoms with E-state index < -0.39 is 10.0 Å². The van der Waals surface area contributed by atoms with Crippen LogP contribution in [0.1, 0.15) is 38.2 Å². The standard InChI is InChI=1S/C16H21NO3S/c1-2-8-16(9-10-16)13-17-21(19,20)15-7-3-5-14(12-15)6-4-11-18/h3,5,7,12,17-18H,2,8-11,13H2,1H3. The van der Waals surface area contributed by atoms with Crippen molar-refractivity contribution in [2.24, 2.45) is 5.41 Å². The van der Waals surface area contributed by atoms with Crippen LogP contribution in [-0.2, 0) is 10.0 Å². The average Bonchev–Trinajstić information content (AvgIpc) is 3.24. The number of sulfonamides is 1. The molecule has 2 N–H and O–H groups in total. The SMILES string of the molecule is CCCC1(CNS(=O)(=O)c2cccc(C#CCO)c2)CC1. The molecule has 0 spiro atoms. The molecule has 0 saturated heterocycles. The Balaban J connectivity index is 2.09. The highest BCUT2D eigenvalue weighted by Crippen LogP contribution is 2.49. The van der Waals surface area contributed by atoms with E-state index in [-0.39, 0.29) is 16.9 Å². The van der Waals surface area contributed by atoms with E-state index in [1.54, 1.807) is 18.2 Å². The number of hydrogen-bond acceptors (Lipinski definition) is 3. The number of rotatable bonds is 6. The molecule has 21 heavy (non-hydrogen) atoms. The molecule has 0 aliphatic heterocycles. The van der Waals surface area contributed by atoms with Crippen LogP contribution in [0.5, 0.6) is 0 Å². The summed E-state index contributed by atoms with van der Waals surface area (Å²) in [7, 11) is -3.50. The van der Waals surface area contributed by atoms with Crippen molar-refractivity contribution in [1.82, 2.24) is 4.72 Å². The third-order valence-corrected chi connectivity index (χ3v) is 5.23. The van der Waals surface area contributed by atoms with Gasteiger partial charge in [0.25, 0.3) is 0 Å². The third kappa shape index (κ3) is 4.31. The Morgan fingerprint density at radius 3 is 2.76 bits per heavy atom. The van der Waals surface area contributed by atoms with Gasteiger partial charge in [-0.1, -0.05) is 31.3 Å². The lowest BCUT2D eigenvalue weighted by atomic mass is 10.0. The van der Waals surface area contributed by atoms with Crippen molar-refractivity contribution < 1.29 is 13.5 Å². The highest BCUT2D eigenvalue weighted by atomic mass is 32.2. The zero-order chi connectivity index (χ0) is 15.3. The van der Waals surface area contributed by atoms with Crippen LogP contribution in [0, 0.1) is 17.3 Å². The van der Waals surface area contributed by atoms with Crippen molar-refractivity contribution in [1.29, 1.82) is 0 Å². The van der Waals surface area contributed by atoms with Gasteiger partial charge >= 0.3 is 0 Å². The maximum absolute atomic E-state index is 12.3. The fraction of sp³-hybridized carbons (Fsp3) is 0.500. The van der Waals surface area contributed by atoms with Crippen LogP contribution in [0.3, 0.4) is 0 Å². The van der Waals surface area contributed by atoms with Crippen LogP contribution >= 0.6 is 0 Å². The van der Waals surface area contributed by atoms with Crippen LogP contribution in [0.25, 0.3) is 0 Å². The summed E-state index contributed by atoms with van der Waals surface area (Å²) in [6, 6.07) is 6.48. The molecule has 0 aromatic heterocycles. The first kappa shape index (κ1) is 16.0. The van der Waals surface area contributed by atoms with E-state index in [0.717, 1.165) is 25.7 Å². The number of aliphatic hydroxyl groups excluding tert-OH is 1. The first-order valence-electron chi connectivity index (χ1n) is 7.21. The van der Waals surface area contributed by atoms with Crippen molar-refractivity contribution in [2.75, 3.05) is 13.2 Å². The fourth-order valence-corrected chi connectivity index (χ4v) is 3.64. The maximum Gasteiger partial charge on any atom is 0.240 e. The molecule has 0 heterocycles. The summed E-state index contributed by atoms with van der Waals surface area (Å²) in [5.74, 6) is 5.24. The predicted molar refractivity (Wildman–Crippen MR) is 82.2 cm³/mol. The molecule has 1 aromatic carbocycles. The molecule has 1 aliphatic rings. The Hall–Kier alpha value is -1.35. The Labute approximate surface area is 126 Å². The van der Waals surface area contributed by atoms with Crippen LogP contribution in [0.15, 0.2) is 29.2 Å². The zero-order valence-electron chi connectivity index (χ0n) is 12.2. The molecule has 0 unspecified atom stereocenters. The lowest BCUT2D eigenvalue weighted by Crippen LogP contribution is -2.30. The highest BCUT2D eigenvalue weighted by Gasteiger charge is 2.42. The van der Waals surface area contributed by atoms with Gasteiger partial charge in [0.05, 0.1) is 4.90 Å². The van der Waals surface area contributed by atoms with Crippen LogP contribution in [-0.4, -0.2) is 26.7 Å². The van der Waals surface area contributed by atoms with Gasteiger partial charge < -0.3 is 5.11 Å². The Bertz CT molecular complexity index is 652. The highest BCUT2D eigenvalue weighted by molar-refractivity contribution is 7.89. The third-order valence-electron chi connectivity index (χ3n) is 3.83. The molecule has 0 radical (unpaired) electrons. The smallest absolute Gasteiger partial charge is 0.240 e. The Morgan fingerprint density at radius 1 is 1.38 bits per heavy atom. The number of hydrogen-bond donors (Lipinski definition) is 2. The second-order valence-corrected chi connectivity index (χ2v) is 7.33. The second-order valence-electron chi connectivity index (χ2n) is 5.56. The average molecular weight is 307 g/mol. The minimum absolute atomic E-state index is 0.177. The molecule has 1 aliphatic carbocycles. The molecule has 4 nitrogen and oxygen atoms in total. The minimum atomic E-state index is -3.50. The minimum Gasteiger partial charge on any atom is -0.384 e. The molecule has 0 atom stereocenters. The molecule has 0 amide bonds. The van der Waals surface area contributed by atoms with Gasteiger partial charge in [0.15, 0.2) is 0 Å². The van der Waals surface area contributed by atoms with E-state index in [9.17, 15) is 8.42 Å². The molecule has 114 valence electrons. The van der Waals surface area contributed by atoms with Gasteiger partial charge in [-0.05, 0) is 42.9 Å². The largest absolute Gasteiger partial charge is 0.384 e. The van der Waals surface area contributed by atoms with Crippen molar-refractivity contribution in [2.45, 2.75) is 37.5 Å². The lowest BCUT2D eigenvalue weighted by Gasteiger charge is -2.15. The number of nitrogens with one attached hydrogen (secondary N) is 1. The molecular formula is C16H21NO3S.